The van der Waals surface area contributed by atoms with Crippen LogP contribution in [0.4, 0.5) is 14.5 Å². The van der Waals surface area contributed by atoms with Crippen molar-refractivity contribution in [2.75, 3.05) is 12.0 Å². The normalized spacial score (nSPS) is 10.5. The van der Waals surface area contributed by atoms with Crippen molar-refractivity contribution in [3.8, 4) is 0 Å². The van der Waals surface area contributed by atoms with Crippen LogP contribution in [0.2, 0.25) is 0 Å². The Kier molecular flexibility index (Phi) is 5.61. The number of carbonyl (C=O) groups excluding carboxylic acids is 2. The summed E-state index contributed by atoms with van der Waals surface area (Å²) in [6.07, 6.45) is 0. The Morgan fingerprint density at radius 2 is 1.74 bits per heavy atom. The number of nitrogens with zero attached hydrogens (tertiary/aromatic N) is 1. The largest absolute Gasteiger partial charge is 0.465 e. The van der Waals surface area contributed by atoms with Gasteiger partial charge in [0.25, 0.3) is 5.91 Å². The summed E-state index contributed by atoms with van der Waals surface area (Å²) in [7, 11) is 1.27. The maximum Gasteiger partial charge on any atom is 0.337 e. The smallest absolute Gasteiger partial charge is 0.337 e. The van der Waals surface area contributed by atoms with Gasteiger partial charge < -0.3 is 9.64 Å². The fraction of sp³-hybridized carbons (Fsp3) is 0.100. The molecule has 0 N–H and O–H groups in total. The highest BCUT2D eigenvalue weighted by atomic mass is 32.1. The molecule has 1 aromatic heterocycles. The molecule has 0 bridgehead atoms. The van der Waals surface area contributed by atoms with Crippen molar-refractivity contribution in [1.82, 2.24) is 0 Å². The topological polar surface area (TPSA) is 46.6 Å². The van der Waals surface area contributed by atoms with E-state index in [9.17, 15) is 18.4 Å². The van der Waals surface area contributed by atoms with E-state index in [1.807, 2.05) is 17.5 Å². The lowest BCUT2D eigenvalue weighted by atomic mass is 10.1. The molecular formula is C20H15F2NO3S. The highest BCUT2D eigenvalue weighted by Crippen LogP contribution is 2.26. The summed E-state index contributed by atoms with van der Waals surface area (Å²) in [5.74, 6) is -2.53. The zero-order valence-electron chi connectivity index (χ0n) is 14.3. The molecule has 2 aromatic carbocycles. The maximum atomic E-state index is 14.3. The van der Waals surface area contributed by atoms with Gasteiger partial charge >= 0.3 is 5.97 Å². The molecule has 0 aliphatic heterocycles. The van der Waals surface area contributed by atoms with E-state index in [2.05, 4.69) is 4.74 Å². The summed E-state index contributed by atoms with van der Waals surface area (Å²) in [6, 6.07) is 12.6. The monoisotopic (exact) mass is 387 g/mol. The maximum absolute atomic E-state index is 14.3. The molecule has 138 valence electrons. The van der Waals surface area contributed by atoms with Gasteiger partial charge in [0.1, 0.15) is 11.6 Å². The van der Waals surface area contributed by atoms with Crippen molar-refractivity contribution < 1.29 is 23.1 Å². The number of thiophene rings is 1. The lowest BCUT2D eigenvalue weighted by Crippen LogP contribution is -2.31. The van der Waals surface area contributed by atoms with Crippen molar-refractivity contribution in [2.24, 2.45) is 0 Å². The first-order valence-corrected chi connectivity index (χ1v) is 8.85. The average molecular weight is 387 g/mol. The number of methoxy groups -OCH3 is 1. The predicted molar refractivity (Wildman–Crippen MR) is 99.0 cm³/mol. The molecule has 0 aliphatic rings. The molecule has 0 aliphatic carbocycles. The molecule has 7 heteroatoms. The van der Waals surface area contributed by atoms with E-state index < -0.39 is 23.5 Å². The fourth-order valence-corrected chi connectivity index (χ4v) is 3.24. The molecule has 3 aromatic rings. The Balaban J connectivity index is 1.96. The van der Waals surface area contributed by atoms with Gasteiger partial charge in [-0.25, -0.2) is 13.6 Å². The van der Waals surface area contributed by atoms with E-state index >= 15 is 0 Å². The molecule has 0 radical (unpaired) electrons. The zero-order chi connectivity index (χ0) is 19.4. The minimum Gasteiger partial charge on any atom is -0.465 e. The molecule has 1 amide bonds. The molecule has 27 heavy (non-hydrogen) atoms. The molecule has 4 nitrogen and oxygen atoms in total. The predicted octanol–water partition coefficient (Wildman–Crippen LogP) is 4.66. The van der Waals surface area contributed by atoms with Crippen LogP contribution in [0.1, 0.15) is 25.6 Å². The minimum atomic E-state index is -0.828. The van der Waals surface area contributed by atoms with Crippen LogP contribution in [0.15, 0.2) is 60.0 Å². The summed E-state index contributed by atoms with van der Waals surface area (Å²) in [6.45, 7) is 0.137. The van der Waals surface area contributed by atoms with E-state index in [4.69, 9.17) is 0 Å². The molecule has 0 atom stereocenters. The SMILES string of the molecule is COC(=O)c1ccc(C(=O)N(Cc2cccs2)c2ccc(F)cc2F)cc1. The molecule has 0 fully saturated rings. The zero-order valence-corrected chi connectivity index (χ0v) is 15.1. The molecular weight excluding hydrogens is 372 g/mol. The second-order valence-electron chi connectivity index (χ2n) is 5.64. The Morgan fingerprint density at radius 1 is 1.04 bits per heavy atom. The molecule has 0 spiro atoms. The summed E-state index contributed by atoms with van der Waals surface area (Å²) < 4.78 is 32.2. The third-order valence-electron chi connectivity index (χ3n) is 3.89. The minimum absolute atomic E-state index is 0.0214. The number of esters is 1. The number of hydrogen-bond acceptors (Lipinski definition) is 4. The van der Waals surface area contributed by atoms with Crippen molar-refractivity contribution >= 4 is 28.9 Å². The van der Waals surface area contributed by atoms with Crippen molar-refractivity contribution in [1.29, 1.82) is 0 Å². The van der Waals surface area contributed by atoms with Crippen LogP contribution in [0, 0.1) is 11.6 Å². The standard InChI is InChI=1S/C20H15F2NO3S/c1-26-20(25)14-6-4-13(5-7-14)19(24)23(12-16-3-2-10-27-16)18-9-8-15(21)11-17(18)22/h2-11H,12H2,1H3. The first-order chi connectivity index (χ1) is 13.0. The van der Waals surface area contributed by atoms with Gasteiger partial charge in [0.15, 0.2) is 0 Å². The van der Waals surface area contributed by atoms with E-state index in [1.165, 1.54) is 53.7 Å². The number of rotatable bonds is 5. The van der Waals surface area contributed by atoms with E-state index in [0.29, 0.717) is 5.56 Å². The van der Waals surface area contributed by atoms with Crippen LogP contribution in [0.5, 0.6) is 0 Å². The van der Waals surface area contributed by atoms with Crippen LogP contribution in [0.25, 0.3) is 0 Å². The molecule has 0 unspecified atom stereocenters. The third-order valence-corrected chi connectivity index (χ3v) is 4.75. The molecule has 0 saturated heterocycles. The summed E-state index contributed by atoms with van der Waals surface area (Å²) in [5, 5.41) is 1.85. The van der Waals surface area contributed by atoms with E-state index in [0.717, 1.165) is 17.0 Å². The number of carbonyl (C=O) groups is 2. The Hall–Kier alpha value is -3.06. The van der Waals surface area contributed by atoms with Crippen LogP contribution < -0.4 is 4.90 Å². The highest BCUT2D eigenvalue weighted by molar-refractivity contribution is 7.09. The number of ether oxygens (including phenoxy) is 1. The van der Waals surface area contributed by atoms with E-state index in [1.54, 1.807) is 0 Å². The van der Waals surface area contributed by atoms with Gasteiger partial charge in [0.2, 0.25) is 0 Å². The average Bonchev–Trinajstić information content (AvgIpc) is 3.19. The second kappa shape index (κ2) is 8.09. The summed E-state index contributed by atoms with van der Waals surface area (Å²) in [4.78, 5) is 26.6. The van der Waals surface area contributed by atoms with Gasteiger partial charge in [-0.3, -0.25) is 4.79 Å². The first-order valence-electron chi connectivity index (χ1n) is 7.97. The number of benzene rings is 2. The van der Waals surface area contributed by atoms with Gasteiger partial charge in [-0.15, -0.1) is 11.3 Å². The molecule has 0 saturated carbocycles. The highest BCUT2D eigenvalue weighted by Gasteiger charge is 2.22. The van der Waals surface area contributed by atoms with Crippen LogP contribution in [0.3, 0.4) is 0 Å². The van der Waals surface area contributed by atoms with Crippen molar-refractivity contribution in [3.63, 3.8) is 0 Å². The molecule has 3 rings (SSSR count). The number of halogens is 2. The van der Waals surface area contributed by atoms with Crippen LogP contribution in [-0.2, 0) is 11.3 Å². The van der Waals surface area contributed by atoms with Gasteiger partial charge in [-0.2, -0.15) is 0 Å². The van der Waals surface area contributed by atoms with Crippen LogP contribution >= 0.6 is 11.3 Å². The van der Waals surface area contributed by atoms with Crippen LogP contribution in [-0.4, -0.2) is 19.0 Å². The summed E-state index contributed by atoms with van der Waals surface area (Å²) >= 11 is 1.43. The number of hydrogen-bond donors (Lipinski definition) is 0. The van der Waals surface area contributed by atoms with Gasteiger partial charge in [-0.1, -0.05) is 6.07 Å². The number of anilines is 1. The van der Waals surface area contributed by atoms with Gasteiger partial charge in [-0.05, 0) is 47.8 Å². The lowest BCUT2D eigenvalue weighted by molar-refractivity contribution is 0.0600. The second-order valence-corrected chi connectivity index (χ2v) is 6.67. The van der Waals surface area contributed by atoms with Gasteiger partial charge in [0.05, 0.1) is 24.9 Å². The number of amides is 1. The Morgan fingerprint density at radius 3 is 2.33 bits per heavy atom. The van der Waals surface area contributed by atoms with Gasteiger partial charge in [0, 0.05) is 16.5 Å². The van der Waals surface area contributed by atoms with Crippen molar-refractivity contribution in [2.45, 2.75) is 6.54 Å². The Labute approximate surface area is 158 Å². The summed E-state index contributed by atoms with van der Waals surface area (Å²) in [5.41, 5.74) is 0.543. The first kappa shape index (κ1) is 18.7. The van der Waals surface area contributed by atoms with E-state index in [-0.39, 0.29) is 17.8 Å². The Bertz CT molecular complexity index is 956. The quantitative estimate of drug-likeness (QED) is 0.598. The molecule has 1 heterocycles. The fourth-order valence-electron chi connectivity index (χ4n) is 2.55. The third kappa shape index (κ3) is 4.20. The lowest BCUT2D eigenvalue weighted by Gasteiger charge is -2.23. The van der Waals surface area contributed by atoms with Crippen molar-refractivity contribution in [3.05, 3.63) is 87.6 Å².